The molecule has 1 radical (unpaired) electrons. The number of carbonyl (C=O) groups is 2. The first-order valence-corrected chi connectivity index (χ1v) is 16.3. The number of nitrogens with two attached hydrogens (primary N) is 2. The number of hydrogen-bond donors (Lipinski definition) is 3. The van der Waals surface area contributed by atoms with Crippen LogP contribution in [0.15, 0.2) is 107 Å². The molecule has 251 valence electrons. The van der Waals surface area contributed by atoms with E-state index in [4.69, 9.17) is 20.8 Å². The zero-order valence-electron chi connectivity index (χ0n) is 27.7. The molecule has 2 aromatic heterocycles. The number of aliphatic imine (C=N–C) groups is 2. The number of carboxylic acids is 1. The Morgan fingerprint density at radius 3 is 1.65 bits per heavy atom. The molecule has 2 aliphatic rings. The average molecular weight is 721 g/mol. The molecule has 0 saturated heterocycles. The van der Waals surface area contributed by atoms with Crippen molar-refractivity contribution in [1.29, 1.82) is 0 Å². The second-order valence-corrected chi connectivity index (χ2v) is 11.5. The summed E-state index contributed by atoms with van der Waals surface area (Å²) < 4.78 is 4.41. The summed E-state index contributed by atoms with van der Waals surface area (Å²) in [4.78, 5) is 32.3. The van der Waals surface area contributed by atoms with E-state index in [9.17, 15) is 9.59 Å². The normalized spacial score (nSPS) is 11.1. The van der Waals surface area contributed by atoms with Crippen LogP contribution in [0.25, 0.3) is 0 Å². The minimum absolute atomic E-state index is 0. The summed E-state index contributed by atoms with van der Waals surface area (Å²) in [7, 11) is 1.50. The van der Waals surface area contributed by atoms with Crippen LogP contribution in [0.2, 0.25) is 0 Å². The number of benzene rings is 3. The van der Waals surface area contributed by atoms with Crippen LogP contribution in [0.4, 0.5) is 17.1 Å². The molecule has 0 aliphatic carbocycles. The van der Waals surface area contributed by atoms with Gasteiger partial charge in [-0.05, 0) is 73.1 Å². The summed E-state index contributed by atoms with van der Waals surface area (Å²) in [5, 5.41) is 8.72. The molecule has 7 rings (SSSR count). The summed E-state index contributed by atoms with van der Waals surface area (Å²) in [6.45, 7) is 6.26. The molecular weight excluding hydrogens is 680 g/mol. The van der Waals surface area contributed by atoms with E-state index in [2.05, 4.69) is 71.1 Å². The molecule has 0 atom stereocenters. The fourth-order valence-corrected chi connectivity index (χ4v) is 5.98. The number of fused-ring (bicyclic) bond motifs is 2. The molecular formula is C37H41N4O4S2V-. The molecule has 0 bridgehead atoms. The topological polar surface area (TPSA) is 140 Å². The number of rotatable bonds is 5. The molecule has 0 unspecified atom stereocenters. The molecule has 5 aromatic rings. The molecule has 48 heavy (non-hydrogen) atoms. The predicted octanol–water partition coefficient (Wildman–Crippen LogP) is 8.71. The van der Waals surface area contributed by atoms with Crippen molar-refractivity contribution in [2.75, 3.05) is 12.8 Å². The quantitative estimate of drug-likeness (QED) is 0.0943. The Bertz CT molecular complexity index is 1720. The number of aryl methyl sites for hydroxylation is 1. The summed E-state index contributed by atoms with van der Waals surface area (Å²) in [5.74, 6) is -1.02. The van der Waals surface area contributed by atoms with Crippen molar-refractivity contribution in [3.63, 3.8) is 0 Å². The van der Waals surface area contributed by atoms with Gasteiger partial charge in [0.15, 0.2) is 5.06 Å². The summed E-state index contributed by atoms with van der Waals surface area (Å²) >= 11 is 2.72. The van der Waals surface area contributed by atoms with Crippen LogP contribution >= 0.6 is 22.7 Å². The fraction of sp³-hybridized carbons (Fsp3) is 0.162. The van der Waals surface area contributed by atoms with Gasteiger partial charge in [0.25, 0.3) is 6.47 Å². The van der Waals surface area contributed by atoms with Crippen molar-refractivity contribution >= 4 is 63.6 Å². The molecule has 11 heteroatoms. The monoisotopic (exact) mass is 720 g/mol. The van der Waals surface area contributed by atoms with Crippen LogP contribution < -0.4 is 16.2 Å². The van der Waals surface area contributed by atoms with Gasteiger partial charge >= 0.3 is 5.97 Å². The first kappa shape index (κ1) is 41.7. The number of ether oxygens (including phenoxy) is 1. The first-order valence-electron chi connectivity index (χ1n) is 14.6. The minimum atomic E-state index is -1.02. The molecule has 0 spiro atoms. The van der Waals surface area contributed by atoms with Gasteiger partial charge in [0.05, 0.1) is 22.8 Å². The maximum atomic E-state index is 10.3. The van der Waals surface area contributed by atoms with Gasteiger partial charge in [-0.2, -0.15) is 0 Å². The van der Waals surface area contributed by atoms with E-state index in [1.807, 2.05) is 56.4 Å². The minimum Gasteiger partial charge on any atom is -0.477 e. The third-order valence-electron chi connectivity index (χ3n) is 6.53. The third kappa shape index (κ3) is 11.4. The maximum absolute atomic E-state index is 10.3. The van der Waals surface area contributed by atoms with Crippen LogP contribution in [0.3, 0.4) is 0 Å². The molecule has 0 amide bonds. The van der Waals surface area contributed by atoms with Crippen molar-refractivity contribution in [2.24, 2.45) is 15.7 Å². The van der Waals surface area contributed by atoms with Gasteiger partial charge in [-0.25, -0.2) is 4.79 Å². The summed E-state index contributed by atoms with van der Waals surface area (Å²) in [5.41, 5.74) is 19.3. The predicted molar refractivity (Wildman–Crippen MR) is 198 cm³/mol. The Labute approximate surface area is 303 Å². The van der Waals surface area contributed by atoms with E-state index >= 15 is 0 Å². The molecule has 0 fully saturated rings. The maximum Gasteiger partial charge on any atom is 0.345 e. The molecule has 2 aliphatic heterocycles. The van der Waals surface area contributed by atoms with Crippen LogP contribution in [-0.2, 0) is 36.2 Å². The standard InChI is InChI=1S/C20H14N2S.C7H9N.C6H4O4S.C2H6.CH5N.CH3.V/c1-3-7-15-13(5-1)11-17(21-15)19-9-10-20(23-19)18-12-14-6-2-4-8-16(14)22-18;1-6-4-2-3-5-7(6)8;7-3-10-5-2-1-4(11-5)6(8)9;2*1-2;;/h1-10H,11-12H2;2-5H,8H2,1H3;1-3H,(H,8,9);1-2H3;2H2,1H3;1H3;/q;;;;;-1;. The van der Waals surface area contributed by atoms with Gasteiger partial charge in [0.1, 0.15) is 4.88 Å². The Morgan fingerprint density at radius 2 is 1.25 bits per heavy atom. The number of carboxylic acid groups (broad SMARTS) is 1. The van der Waals surface area contributed by atoms with E-state index in [0.29, 0.717) is 0 Å². The van der Waals surface area contributed by atoms with Crippen molar-refractivity contribution in [3.05, 3.63) is 136 Å². The number of carbonyl (C=O) groups excluding carboxylic acids is 1. The third-order valence-corrected chi connectivity index (χ3v) is 8.68. The van der Waals surface area contributed by atoms with Gasteiger partial charge in [-0.3, -0.25) is 14.8 Å². The van der Waals surface area contributed by atoms with Crippen molar-refractivity contribution in [2.45, 2.75) is 33.6 Å². The van der Waals surface area contributed by atoms with Crippen molar-refractivity contribution in [1.82, 2.24) is 0 Å². The zero-order chi connectivity index (χ0) is 33.5. The number of hydrogen-bond acceptors (Lipinski definition) is 9. The van der Waals surface area contributed by atoms with Crippen LogP contribution in [0.5, 0.6) is 5.06 Å². The van der Waals surface area contributed by atoms with Gasteiger partial charge in [-0.1, -0.05) is 79.8 Å². The molecule has 4 heterocycles. The average Bonchev–Trinajstić information content (AvgIpc) is 3.90. The van der Waals surface area contributed by atoms with Gasteiger partial charge in [0.2, 0.25) is 0 Å². The Balaban J connectivity index is 0.000000389. The van der Waals surface area contributed by atoms with Gasteiger partial charge in [-0.15, -0.1) is 11.3 Å². The number of nitrogens with zero attached hydrogens (tertiary/aromatic N) is 2. The second-order valence-electron chi connectivity index (χ2n) is 9.39. The van der Waals surface area contributed by atoms with Gasteiger partial charge < -0.3 is 28.7 Å². The Morgan fingerprint density at radius 1 is 0.771 bits per heavy atom. The van der Waals surface area contributed by atoms with Crippen LogP contribution in [-0.4, -0.2) is 36.0 Å². The van der Waals surface area contributed by atoms with Crippen LogP contribution in [0, 0.1) is 14.4 Å². The Kier molecular flexibility index (Phi) is 18.7. The summed E-state index contributed by atoms with van der Waals surface area (Å²) in [6.07, 6.45) is 1.87. The Hall–Kier alpha value is -4.32. The van der Waals surface area contributed by atoms with Crippen molar-refractivity contribution < 1.29 is 38.0 Å². The molecule has 0 saturated carbocycles. The number of para-hydroxylation sites is 3. The van der Waals surface area contributed by atoms with E-state index in [-0.39, 0.29) is 42.4 Å². The number of nitrogen functional groups attached to an aromatic ring is 1. The number of aromatic carboxylic acids is 1. The smallest absolute Gasteiger partial charge is 0.345 e. The largest absolute Gasteiger partial charge is 0.477 e. The fourth-order valence-electron chi connectivity index (χ4n) is 4.33. The summed E-state index contributed by atoms with van der Waals surface area (Å²) in [6, 6.07) is 31.8. The van der Waals surface area contributed by atoms with E-state index in [1.165, 1.54) is 51.5 Å². The van der Waals surface area contributed by atoms with Crippen LogP contribution in [0.1, 0.15) is 50.0 Å². The van der Waals surface area contributed by atoms with E-state index < -0.39 is 5.97 Å². The molecule has 3 aromatic carbocycles. The van der Waals surface area contributed by atoms with E-state index in [1.54, 1.807) is 0 Å². The molecule has 5 N–H and O–H groups in total. The second kappa shape index (κ2) is 21.5. The molecule has 8 nitrogen and oxygen atoms in total. The SMILES string of the molecule is CC.CN.Cc1ccccc1N.O=COc1ccc(C(=O)O)s1.[CH3-].[V].c1ccc2c(c1)CC(c1ccc(C3=Nc4ccccc4C3)s1)=N2. The van der Waals surface area contributed by atoms with Gasteiger partial charge in [0, 0.05) is 46.8 Å². The van der Waals surface area contributed by atoms with E-state index in [0.717, 1.165) is 46.8 Å². The zero-order valence-corrected chi connectivity index (χ0v) is 30.7. The first-order chi connectivity index (χ1) is 22.4. The number of thiophene rings is 2. The van der Waals surface area contributed by atoms with Crippen molar-refractivity contribution in [3.8, 4) is 5.06 Å². The number of anilines is 1.